The van der Waals surface area contributed by atoms with Gasteiger partial charge in [-0.3, -0.25) is 4.79 Å². The molecule has 0 spiro atoms. The normalized spacial score (nSPS) is 27.1. The van der Waals surface area contributed by atoms with Crippen molar-refractivity contribution in [3.05, 3.63) is 23.8 Å². The van der Waals surface area contributed by atoms with Gasteiger partial charge in [-0.2, -0.15) is 0 Å². The van der Waals surface area contributed by atoms with Gasteiger partial charge < -0.3 is 10.4 Å². The third-order valence-electron chi connectivity index (χ3n) is 3.13. The van der Waals surface area contributed by atoms with Gasteiger partial charge in [0.2, 0.25) is 0 Å². The molecule has 2 rings (SSSR count). The number of carboxylic acids is 1. The minimum atomic E-state index is -1.42. The molecule has 0 saturated carbocycles. The maximum Gasteiger partial charge on any atom is 0.394 e. The minimum absolute atomic E-state index is 0.367. The molecule has 2 aliphatic carbocycles. The third-order valence-corrected chi connectivity index (χ3v) is 3.13. The number of hydrogen-bond donors (Lipinski definition) is 2. The number of amides is 1. The maximum atomic E-state index is 10.9. The zero-order chi connectivity index (χ0) is 11.5. The summed E-state index contributed by atoms with van der Waals surface area (Å²) in [5, 5.41) is 10.8. The Bertz CT molecular complexity index is 370. The summed E-state index contributed by atoms with van der Waals surface area (Å²) in [5.41, 5.74) is 1.15. The first-order valence-electron chi connectivity index (χ1n) is 5.52. The van der Waals surface area contributed by atoms with Crippen molar-refractivity contribution in [2.75, 3.05) is 6.54 Å². The Labute approximate surface area is 94.0 Å². The maximum absolute atomic E-state index is 10.9. The van der Waals surface area contributed by atoms with Crippen LogP contribution in [0.2, 0.25) is 0 Å². The van der Waals surface area contributed by atoms with Crippen LogP contribution in [0, 0.1) is 11.8 Å². The zero-order valence-corrected chi connectivity index (χ0v) is 8.98. The van der Waals surface area contributed by atoms with Crippen LogP contribution >= 0.6 is 0 Å². The van der Waals surface area contributed by atoms with Gasteiger partial charge in [0.05, 0.1) is 0 Å². The average molecular weight is 221 g/mol. The molecule has 0 fully saturated rings. The lowest BCUT2D eigenvalue weighted by Gasteiger charge is -2.29. The molecule has 2 atom stereocenters. The Morgan fingerprint density at radius 3 is 3.00 bits per heavy atom. The van der Waals surface area contributed by atoms with Crippen LogP contribution in [0.25, 0.3) is 0 Å². The highest BCUT2D eigenvalue weighted by molar-refractivity contribution is 6.31. The molecular formula is C12H15NO3. The van der Waals surface area contributed by atoms with E-state index in [4.69, 9.17) is 5.11 Å². The van der Waals surface area contributed by atoms with E-state index in [1.807, 2.05) is 0 Å². The van der Waals surface area contributed by atoms with E-state index in [2.05, 4.69) is 23.5 Å². The van der Waals surface area contributed by atoms with E-state index in [9.17, 15) is 9.59 Å². The van der Waals surface area contributed by atoms with Gasteiger partial charge in [0.25, 0.3) is 0 Å². The van der Waals surface area contributed by atoms with Crippen LogP contribution in [0.1, 0.15) is 19.3 Å². The Morgan fingerprint density at radius 1 is 1.50 bits per heavy atom. The van der Waals surface area contributed by atoms with Gasteiger partial charge in [-0.05, 0) is 31.1 Å². The SMILES string of the molecule is O=C(O)C(=O)NCC1=CC2C=CCC(C1)C2. The van der Waals surface area contributed by atoms with Crippen LogP contribution in [-0.4, -0.2) is 23.5 Å². The average Bonchev–Trinajstić information content (AvgIpc) is 2.25. The highest BCUT2D eigenvalue weighted by Crippen LogP contribution is 2.34. The van der Waals surface area contributed by atoms with Gasteiger partial charge in [-0.15, -0.1) is 0 Å². The Hall–Kier alpha value is -1.58. The highest BCUT2D eigenvalue weighted by atomic mass is 16.4. The molecule has 2 bridgehead atoms. The van der Waals surface area contributed by atoms with Crippen molar-refractivity contribution >= 4 is 11.9 Å². The van der Waals surface area contributed by atoms with Crippen LogP contribution in [0.4, 0.5) is 0 Å². The summed E-state index contributed by atoms with van der Waals surface area (Å²) in [7, 11) is 0. The van der Waals surface area contributed by atoms with Crippen molar-refractivity contribution in [3.8, 4) is 0 Å². The van der Waals surface area contributed by atoms with Crippen molar-refractivity contribution in [2.24, 2.45) is 11.8 Å². The molecule has 2 unspecified atom stereocenters. The molecule has 2 aliphatic rings. The summed E-state index contributed by atoms with van der Waals surface area (Å²) in [5.74, 6) is -1.20. The van der Waals surface area contributed by atoms with E-state index < -0.39 is 11.9 Å². The van der Waals surface area contributed by atoms with E-state index in [1.54, 1.807) is 0 Å². The molecule has 0 saturated heterocycles. The van der Waals surface area contributed by atoms with E-state index >= 15 is 0 Å². The van der Waals surface area contributed by atoms with E-state index in [0.29, 0.717) is 18.4 Å². The van der Waals surface area contributed by atoms with Gasteiger partial charge >= 0.3 is 11.9 Å². The number of rotatable bonds is 2. The number of carbonyl (C=O) groups is 2. The summed E-state index contributed by atoms with van der Waals surface area (Å²) in [6.45, 7) is 0.367. The van der Waals surface area contributed by atoms with Crippen molar-refractivity contribution in [3.63, 3.8) is 0 Å². The molecule has 1 amide bonds. The molecule has 4 heteroatoms. The first kappa shape index (κ1) is 10.9. The van der Waals surface area contributed by atoms with E-state index in [-0.39, 0.29) is 0 Å². The van der Waals surface area contributed by atoms with Gasteiger partial charge in [0.15, 0.2) is 0 Å². The summed E-state index contributed by atoms with van der Waals surface area (Å²) >= 11 is 0. The molecule has 16 heavy (non-hydrogen) atoms. The molecule has 0 aromatic carbocycles. The standard InChI is InChI=1S/C12H15NO3/c14-11(12(15)16)13-7-10-5-8-2-1-3-9(4-8)6-10/h1-2,5,8-9H,3-4,6-7H2,(H,13,14)(H,15,16). The second kappa shape index (κ2) is 4.51. The van der Waals surface area contributed by atoms with E-state index in [1.165, 1.54) is 6.42 Å². The fourth-order valence-electron chi connectivity index (χ4n) is 2.44. The monoisotopic (exact) mass is 221 g/mol. The van der Waals surface area contributed by atoms with Crippen LogP contribution in [-0.2, 0) is 9.59 Å². The summed E-state index contributed by atoms with van der Waals surface area (Å²) < 4.78 is 0. The predicted molar refractivity (Wildman–Crippen MR) is 58.7 cm³/mol. The lowest BCUT2D eigenvalue weighted by molar-refractivity contribution is -0.150. The largest absolute Gasteiger partial charge is 0.474 e. The van der Waals surface area contributed by atoms with Gasteiger partial charge in [0.1, 0.15) is 0 Å². The molecule has 0 radical (unpaired) electrons. The van der Waals surface area contributed by atoms with Gasteiger partial charge in [0, 0.05) is 6.54 Å². The van der Waals surface area contributed by atoms with Gasteiger partial charge in [-0.25, -0.2) is 4.79 Å². The lowest BCUT2D eigenvalue weighted by Crippen LogP contribution is -2.33. The fraction of sp³-hybridized carbons (Fsp3) is 0.500. The van der Waals surface area contributed by atoms with Crippen LogP contribution in [0.3, 0.4) is 0 Å². The Balaban J connectivity index is 1.91. The van der Waals surface area contributed by atoms with Crippen LogP contribution < -0.4 is 5.32 Å². The first-order chi connectivity index (χ1) is 7.65. The van der Waals surface area contributed by atoms with Gasteiger partial charge in [-0.1, -0.05) is 23.8 Å². The van der Waals surface area contributed by atoms with Crippen molar-refractivity contribution in [2.45, 2.75) is 19.3 Å². The quantitative estimate of drug-likeness (QED) is 0.542. The Kier molecular flexibility index (Phi) is 3.08. The highest BCUT2D eigenvalue weighted by Gasteiger charge is 2.23. The predicted octanol–water partition coefficient (Wildman–Crippen LogP) is 1.10. The number of carboxylic acid groups (broad SMARTS) is 1. The third kappa shape index (κ3) is 2.51. The topological polar surface area (TPSA) is 66.4 Å². The number of aliphatic carboxylic acids is 1. The molecule has 0 aliphatic heterocycles. The van der Waals surface area contributed by atoms with Crippen molar-refractivity contribution < 1.29 is 14.7 Å². The molecule has 0 aromatic heterocycles. The molecule has 86 valence electrons. The molecule has 0 aromatic rings. The van der Waals surface area contributed by atoms with Crippen LogP contribution in [0.15, 0.2) is 23.8 Å². The van der Waals surface area contributed by atoms with Crippen molar-refractivity contribution in [1.82, 2.24) is 5.32 Å². The second-order valence-electron chi connectivity index (χ2n) is 4.45. The fourth-order valence-corrected chi connectivity index (χ4v) is 2.44. The number of carbonyl (C=O) groups excluding carboxylic acids is 1. The second-order valence-corrected chi connectivity index (χ2v) is 4.45. The molecular weight excluding hydrogens is 206 g/mol. The smallest absolute Gasteiger partial charge is 0.394 e. The van der Waals surface area contributed by atoms with Crippen LogP contribution in [0.5, 0.6) is 0 Å². The number of fused-ring (bicyclic) bond motifs is 2. The lowest BCUT2D eigenvalue weighted by atomic mass is 9.77. The zero-order valence-electron chi connectivity index (χ0n) is 8.98. The Morgan fingerprint density at radius 2 is 2.31 bits per heavy atom. The summed E-state index contributed by atoms with van der Waals surface area (Å²) in [6.07, 6.45) is 9.80. The molecule has 0 heterocycles. The molecule has 4 nitrogen and oxygen atoms in total. The van der Waals surface area contributed by atoms with E-state index in [0.717, 1.165) is 18.4 Å². The minimum Gasteiger partial charge on any atom is -0.474 e. The summed E-state index contributed by atoms with van der Waals surface area (Å²) in [6, 6.07) is 0. The number of nitrogens with one attached hydrogen (secondary N) is 1. The number of hydrogen-bond acceptors (Lipinski definition) is 2. The number of allylic oxidation sites excluding steroid dienone is 3. The first-order valence-corrected chi connectivity index (χ1v) is 5.52. The molecule has 2 N–H and O–H groups in total. The summed E-state index contributed by atoms with van der Waals surface area (Å²) in [4.78, 5) is 21.2. The van der Waals surface area contributed by atoms with Crippen molar-refractivity contribution in [1.29, 1.82) is 0 Å².